The molecule has 2 rings (SSSR count). The second-order valence-corrected chi connectivity index (χ2v) is 8.96. The summed E-state index contributed by atoms with van der Waals surface area (Å²) < 4.78 is 22.3. The van der Waals surface area contributed by atoms with Crippen LogP contribution in [0.15, 0.2) is 16.9 Å². The van der Waals surface area contributed by atoms with Crippen LogP contribution < -0.4 is 5.56 Å². The van der Waals surface area contributed by atoms with Crippen molar-refractivity contribution in [2.24, 2.45) is 0 Å². The van der Waals surface area contributed by atoms with Gasteiger partial charge in [-0.1, -0.05) is 0 Å². The van der Waals surface area contributed by atoms with Crippen LogP contribution in [0.4, 0.5) is 0 Å². The molecule has 1 amide bonds. The third-order valence-electron chi connectivity index (χ3n) is 5.81. The predicted molar refractivity (Wildman–Crippen MR) is 138 cm³/mol. The summed E-state index contributed by atoms with van der Waals surface area (Å²) in [6.07, 6.45) is -4.38. The maximum Gasteiger partial charge on any atom is 0.303 e. The summed E-state index contributed by atoms with van der Waals surface area (Å²) in [6, 6.07) is 3.35. The van der Waals surface area contributed by atoms with Crippen molar-refractivity contribution in [3.05, 3.63) is 39.3 Å². The second kappa shape index (κ2) is 13.6. The minimum absolute atomic E-state index is 0.276. The molecule has 0 aliphatic carbocycles. The van der Waals surface area contributed by atoms with Gasteiger partial charge in [0.15, 0.2) is 24.0 Å². The number of carbonyl (C=O) groups excluding carboxylic acids is 5. The highest BCUT2D eigenvalue weighted by Gasteiger charge is 2.39. The van der Waals surface area contributed by atoms with Gasteiger partial charge < -0.3 is 23.5 Å². The number of carbonyl (C=O) groups is 5. The van der Waals surface area contributed by atoms with Gasteiger partial charge in [-0.05, 0) is 37.1 Å². The molecule has 0 fully saturated rings. The zero-order chi connectivity index (χ0) is 30.3. The van der Waals surface area contributed by atoms with Crippen LogP contribution in [0.1, 0.15) is 49.3 Å². The van der Waals surface area contributed by atoms with Crippen molar-refractivity contribution in [3.63, 3.8) is 0 Å². The second-order valence-electron chi connectivity index (χ2n) is 8.96. The highest BCUT2D eigenvalue weighted by atomic mass is 16.7. The Hall–Kier alpha value is -4.33. The van der Waals surface area contributed by atoms with Gasteiger partial charge in [0, 0.05) is 34.7 Å². The Kier molecular flexibility index (Phi) is 10.9. The molecule has 0 aliphatic heterocycles. The number of nitrogens with zero attached hydrogens (tertiary/aromatic N) is 3. The van der Waals surface area contributed by atoms with Crippen LogP contribution in [0.25, 0.3) is 11.0 Å². The van der Waals surface area contributed by atoms with E-state index < -0.39 is 72.5 Å². The number of hydrogen-bond donors (Lipinski definition) is 0. The molecule has 218 valence electrons. The molecule has 1 aromatic heterocycles. The van der Waals surface area contributed by atoms with E-state index >= 15 is 0 Å². The molecule has 3 atom stereocenters. The summed E-state index contributed by atoms with van der Waals surface area (Å²) in [5, 5.41) is 0.821. The molecule has 2 aromatic rings. The first kappa shape index (κ1) is 31.9. The van der Waals surface area contributed by atoms with Gasteiger partial charge in [-0.2, -0.15) is 0 Å². The molecule has 40 heavy (non-hydrogen) atoms. The number of ether oxygens (including phenoxy) is 4. The lowest BCUT2D eigenvalue weighted by Crippen LogP contribution is -2.50. The van der Waals surface area contributed by atoms with E-state index in [1.54, 1.807) is 12.1 Å². The lowest BCUT2D eigenvalue weighted by Gasteiger charge is -2.32. The largest absolute Gasteiger partial charge is 0.462 e. The van der Waals surface area contributed by atoms with Crippen molar-refractivity contribution in [1.82, 2.24) is 14.6 Å². The van der Waals surface area contributed by atoms with Gasteiger partial charge in [0.05, 0.1) is 24.7 Å². The quantitative estimate of drug-likeness (QED) is 0.216. The van der Waals surface area contributed by atoms with Crippen LogP contribution in [0.5, 0.6) is 0 Å². The van der Waals surface area contributed by atoms with E-state index in [-0.39, 0.29) is 11.0 Å². The number of amides is 1. The van der Waals surface area contributed by atoms with Crippen LogP contribution in [0.3, 0.4) is 0 Å². The molecule has 0 N–H and O–H groups in total. The van der Waals surface area contributed by atoms with Crippen molar-refractivity contribution in [3.8, 4) is 0 Å². The third kappa shape index (κ3) is 8.09. The Balaban J connectivity index is 2.81. The summed E-state index contributed by atoms with van der Waals surface area (Å²) in [5.74, 6) is -4.00. The number of aryl methyl sites for hydroxylation is 2. The SMILES string of the molecule is CON(C)C(=O)c1nc2cc(C)c(C)cc2n(C[C@H](OC(C)=O)[C@H](OC(C)=O)[C@@H](COC(C)=O)OC(C)=O)c1=O. The van der Waals surface area contributed by atoms with Gasteiger partial charge in [-0.3, -0.25) is 33.6 Å². The van der Waals surface area contributed by atoms with E-state index in [0.29, 0.717) is 0 Å². The Morgan fingerprint density at radius 3 is 1.95 bits per heavy atom. The van der Waals surface area contributed by atoms with E-state index in [4.69, 9.17) is 23.8 Å². The summed E-state index contributed by atoms with van der Waals surface area (Å²) >= 11 is 0. The molecule has 0 saturated carbocycles. The van der Waals surface area contributed by atoms with Crippen molar-refractivity contribution in [1.29, 1.82) is 0 Å². The average Bonchev–Trinajstić information content (AvgIpc) is 2.85. The zero-order valence-corrected chi connectivity index (χ0v) is 23.6. The number of benzene rings is 1. The molecular weight excluding hydrogens is 530 g/mol. The smallest absolute Gasteiger partial charge is 0.303 e. The highest BCUT2D eigenvalue weighted by Crippen LogP contribution is 2.21. The number of hydroxylamine groups is 2. The summed E-state index contributed by atoms with van der Waals surface area (Å²) in [5.41, 5.74) is 0.845. The standard InChI is InChI=1S/C26H33N3O11/c1-13-9-19-20(10-14(13)2)29(26(35)23(27-19)25(34)28(7)36-8)11-21(38-16(4)31)24(40-18(6)33)22(39-17(5)32)12-37-15(3)30/h9-10,21-22,24H,11-12H2,1-8H3/t21-,22+,24-/m0/s1. The maximum atomic E-state index is 13.7. The van der Waals surface area contributed by atoms with E-state index in [0.717, 1.165) is 48.5 Å². The normalized spacial score (nSPS) is 13.1. The Morgan fingerprint density at radius 2 is 1.43 bits per heavy atom. The monoisotopic (exact) mass is 563 g/mol. The van der Waals surface area contributed by atoms with E-state index in [1.165, 1.54) is 14.2 Å². The van der Waals surface area contributed by atoms with E-state index in [9.17, 15) is 28.8 Å². The van der Waals surface area contributed by atoms with E-state index in [2.05, 4.69) is 4.98 Å². The fourth-order valence-corrected chi connectivity index (χ4v) is 3.84. The van der Waals surface area contributed by atoms with Gasteiger partial charge in [0.25, 0.3) is 5.56 Å². The lowest BCUT2D eigenvalue weighted by atomic mass is 10.1. The lowest BCUT2D eigenvalue weighted by molar-refractivity contribution is -0.190. The number of hydrogen-bond acceptors (Lipinski definition) is 12. The molecule has 1 heterocycles. The third-order valence-corrected chi connectivity index (χ3v) is 5.81. The molecule has 0 aliphatic rings. The molecule has 1 aromatic carbocycles. The van der Waals surface area contributed by atoms with Crippen LogP contribution in [-0.4, -0.2) is 83.5 Å². The van der Waals surface area contributed by atoms with Crippen molar-refractivity contribution in [2.75, 3.05) is 20.8 Å². The zero-order valence-electron chi connectivity index (χ0n) is 23.6. The van der Waals surface area contributed by atoms with Crippen LogP contribution in [0.2, 0.25) is 0 Å². The van der Waals surface area contributed by atoms with Gasteiger partial charge in [-0.15, -0.1) is 0 Å². The predicted octanol–water partition coefficient (Wildman–Crippen LogP) is 1.00. The average molecular weight is 564 g/mol. The van der Waals surface area contributed by atoms with Crippen LogP contribution in [0, 0.1) is 13.8 Å². The van der Waals surface area contributed by atoms with Gasteiger partial charge in [0.1, 0.15) is 6.61 Å². The number of rotatable bonds is 11. The first-order valence-corrected chi connectivity index (χ1v) is 12.1. The fourth-order valence-electron chi connectivity index (χ4n) is 3.84. The molecular formula is C26H33N3O11. The first-order chi connectivity index (χ1) is 18.7. The Labute approximate surface area is 230 Å². The maximum absolute atomic E-state index is 13.7. The Morgan fingerprint density at radius 1 is 0.875 bits per heavy atom. The summed E-state index contributed by atoms with van der Waals surface area (Å²) in [7, 11) is 2.54. The van der Waals surface area contributed by atoms with Gasteiger partial charge >= 0.3 is 29.8 Å². The summed E-state index contributed by atoms with van der Waals surface area (Å²) in [6.45, 7) is 7.00. The minimum Gasteiger partial charge on any atom is -0.462 e. The molecule has 0 unspecified atom stereocenters. The Bertz CT molecular complexity index is 1370. The number of fused-ring (bicyclic) bond motifs is 1. The molecule has 0 bridgehead atoms. The first-order valence-electron chi connectivity index (χ1n) is 12.1. The van der Waals surface area contributed by atoms with Crippen molar-refractivity contribution < 1.29 is 47.8 Å². The molecule has 14 heteroatoms. The van der Waals surface area contributed by atoms with Gasteiger partial charge in [0.2, 0.25) is 0 Å². The topological polar surface area (TPSA) is 170 Å². The number of aromatic nitrogens is 2. The fraction of sp³-hybridized carbons (Fsp3) is 0.500. The van der Waals surface area contributed by atoms with Crippen molar-refractivity contribution in [2.45, 2.75) is 66.4 Å². The van der Waals surface area contributed by atoms with Crippen LogP contribution >= 0.6 is 0 Å². The summed E-state index contributed by atoms with van der Waals surface area (Å²) in [4.78, 5) is 83.4. The van der Waals surface area contributed by atoms with E-state index in [1.807, 2.05) is 13.8 Å². The minimum atomic E-state index is -1.52. The highest BCUT2D eigenvalue weighted by molar-refractivity contribution is 5.93. The van der Waals surface area contributed by atoms with Gasteiger partial charge in [-0.25, -0.2) is 10.0 Å². The molecule has 0 saturated heterocycles. The van der Waals surface area contributed by atoms with Crippen LogP contribution in [-0.2, 0) is 49.5 Å². The number of esters is 4. The molecule has 0 spiro atoms. The molecule has 14 nitrogen and oxygen atoms in total. The van der Waals surface area contributed by atoms with Crippen molar-refractivity contribution >= 4 is 40.8 Å². The molecule has 0 radical (unpaired) electrons.